The molecular weight excluding hydrogens is 314 g/mol. The number of thiophene rings is 1. The van der Waals surface area contributed by atoms with Gasteiger partial charge >= 0.3 is 5.97 Å². The summed E-state index contributed by atoms with van der Waals surface area (Å²) in [5, 5.41) is 8.93. The lowest BCUT2D eigenvalue weighted by Gasteiger charge is -2.23. The number of aromatic carboxylic acids is 1. The molecule has 1 saturated heterocycles. The Morgan fingerprint density at radius 1 is 1.26 bits per heavy atom. The summed E-state index contributed by atoms with van der Waals surface area (Å²) in [7, 11) is 0. The zero-order valence-electron chi connectivity index (χ0n) is 12.5. The van der Waals surface area contributed by atoms with Gasteiger partial charge in [0.05, 0.1) is 0 Å². The van der Waals surface area contributed by atoms with Gasteiger partial charge in [0, 0.05) is 10.6 Å². The maximum atomic E-state index is 12.0. The number of carboxylic acids is 1. The van der Waals surface area contributed by atoms with E-state index in [9.17, 15) is 9.59 Å². The van der Waals surface area contributed by atoms with Gasteiger partial charge in [0.1, 0.15) is 17.7 Å². The summed E-state index contributed by atoms with van der Waals surface area (Å²) < 4.78 is 5.60. The summed E-state index contributed by atoms with van der Waals surface area (Å²) in [5.74, 6) is -0.910. The summed E-state index contributed by atoms with van der Waals surface area (Å²) in [6, 6.07) is 13.0. The smallest absolute Gasteiger partial charge is 0.345 e. The van der Waals surface area contributed by atoms with E-state index in [1.165, 1.54) is 11.3 Å². The number of anilines is 1. The molecule has 5 nitrogen and oxygen atoms in total. The van der Waals surface area contributed by atoms with Crippen LogP contribution in [-0.4, -0.2) is 29.8 Å². The molecule has 0 unspecified atom stereocenters. The van der Waals surface area contributed by atoms with Crippen LogP contribution in [0.1, 0.15) is 27.4 Å². The molecule has 0 spiro atoms. The van der Waals surface area contributed by atoms with Crippen molar-refractivity contribution in [3.63, 3.8) is 0 Å². The number of nitrogens with zero attached hydrogens (tertiary/aromatic N) is 1. The molecule has 120 valence electrons. The number of carboxylic acid groups (broad SMARTS) is 1. The second kappa shape index (κ2) is 6.93. The molecule has 0 radical (unpaired) electrons. The van der Waals surface area contributed by atoms with E-state index in [2.05, 4.69) is 0 Å². The zero-order valence-corrected chi connectivity index (χ0v) is 13.3. The van der Waals surface area contributed by atoms with Crippen molar-refractivity contribution in [2.75, 3.05) is 11.5 Å². The molecule has 2 aromatic rings. The highest BCUT2D eigenvalue weighted by Gasteiger charge is 2.32. The molecule has 0 bridgehead atoms. The van der Waals surface area contributed by atoms with Crippen molar-refractivity contribution in [2.24, 2.45) is 0 Å². The molecule has 1 aromatic heterocycles. The lowest BCUT2D eigenvalue weighted by Crippen LogP contribution is -2.33. The summed E-state index contributed by atoms with van der Waals surface area (Å²) in [5.41, 5.74) is 0.851. The Morgan fingerprint density at radius 3 is 2.74 bits per heavy atom. The third kappa shape index (κ3) is 3.60. The first kappa shape index (κ1) is 15.7. The highest BCUT2D eigenvalue weighted by Crippen LogP contribution is 2.26. The molecule has 0 saturated carbocycles. The highest BCUT2D eigenvalue weighted by molar-refractivity contribution is 7.13. The largest absolute Gasteiger partial charge is 0.477 e. The fourth-order valence-electron chi connectivity index (χ4n) is 2.66. The van der Waals surface area contributed by atoms with Gasteiger partial charge in [-0.2, -0.15) is 0 Å². The molecular formula is C17H17NO4S. The van der Waals surface area contributed by atoms with Gasteiger partial charge in [0.25, 0.3) is 5.91 Å². The van der Waals surface area contributed by atoms with E-state index in [0.717, 1.165) is 29.8 Å². The minimum absolute atomic E-state index is 0.0227. The highest BCUT2D eigenvalue weighted by atomic mass is 32.1. The maximum absolute atomic E-state index is 12.0. The van der Waals surface area contributed by atoms with E-state index in [-0.39, 0.29) is 18.7 Å². The number of para-hydroxylation sites is 1. The average Bonchev–Trinajstić information content (AvgIpc) is 3.16. The Kier molecular flexibility index (Phi) is 4.73. The fourth-order valence-corrected chi connectivity index (χ4v) is 3.55. The Balaban J connectivity index is 1.58. The van der Waals surface area contributed by atoms with Gasteiger partial charge < -0.3 is 9.84 Å². The first-order valence-electron chi connectivity index (χ1n) is 7.46. The SMILES string of the molecule is O=C(O)c1ccc(CCC[C@@H]2OCC(=O)N2c2ccccc2)s1. The van der Waals surface area contributed by atoms with Crippen LogP contribution in [0, 0.1) is 0 Å². The predicted octanol–water partition coefficient (Wildman–Crippen LogP) is 3.16. The number of benzene rings is 1. The van der Waals surface area contributed by atoms with Crippen molar-refractivity contribution in [3.05, 3.63) is 52.2 Å². The number of rotatable bonds is 6. The van der Waals surface area contributed by atoms with E-state index in [4.69, 9.17) is 9.84 Å². The minimum atomic E-state index is -0.888. The number of carbonyl (C=O) groups is 2. The number of hydrogen-bond donors (Lipinski definition) is 1. The molecule has 0 aliphatic carbocycles. The van der Waals surface area contributed by atoms with Gasteiger partial charge in [-0.25, -0.2) is 4.79 Å². The molecule has 3 rings (SSSR count). The van der Waals surface area contributed by atoms with E-state index < -0.39 is 5.97 Å². The van der Waals surface area contributed by atoms with Crippen LogP contribution in [0.15, 0.2) is 42.5 Å². The van der Waals surface area contributed by atoms with E-state index >= 15 is 0 Å². The van der Waals surface area contributed by atoms with Crippen LogP contribution in [-0.2, 0) is 16.0 Å². The van der Waals surface area contributed by atoms with Crippen LogP contribution in [0.25, 0.3) is 0 Å². The van der Waals surface area contributed by atoms with Crippen LogP contribution in [0.4, 0.5) is 5.69 Å². The van der Waals surface area contributed by atoms with Crippen LogP contribution in [0.2, 0.25) is 0 Å². The topological polar surface area (TPSA) is 66.8 Å². The van der Waals surface area contributed by atoms with Gasteiger partial charge in [0.15, 0.2) is 0 Å². The van der Waals surface area contributed by atoms with Gasteiger partial charge in [-0.1, -0.05) is 18.2 Å². The first-order valence-corrected chi connectivity index (χ1v) is 8.27. The summed E-state index contributed by atoms with van der Waals surface area (Å²) in [4.78, 5) is 26.0. The van der Waals surface area contributed by atoms with E-state index in [1.807, 2.05) is 36.4 Å². The Labute approximate surface area is 138 Å². The monoisotopic (exact) mass is 331 g/mol. The first-order chi connectivity index (χ1) is 11.1. The number of aryl methyl sites for hydroxylation is 1. The number of amides is 1. The Hall–Kier alpha value is -2.18. The molecule has 1 amide bonds. The van der Waals surface area contributed by atoms with Crippen LogP contribution in [0.5, 0.6) is 0 Å². The van der Waals surface area contributed by atoms with Gasteiger partial charge in [-0.15, -0.1) is 11.3 Å². The van der Waals surface area contributed by atoms with Gasteiger partial charge in [0.2, 0.25) is 0 Å². The van der Waals surface area contributed by atoms with Crippen molar-refractivity contribution in [3.8, 4) is 0 Å². The van der Waals surface area contributed by atoms with E-state index in [0.29, 0.717) is 4.88 Å². The molecule has 2 heterocycles. The van der Waals surface area contributed by atoms with Gasteiger partial charge in [-0.3, -0.25) is 9.69 Å². The van der Waals surface area contributed by atoms with Crippen molar-refractivity contribution >= 4 is 28.9 Å². The number of carbonyl (C=O) groups excluding carboxylic acids is 1. The third-order valence-electron chi connectivity index (χ3n) is 3.74. The Morgan fingerprint density at radius 2 is 2.04 bits per heavy atom. The maximum Gasteiger partial charge on any atom is 0.345 e. The zero-order chi connectivity index (χ0) is 16.2. The molecule has 6 heteroatoms. The third-order valence-corrected chi connectivity index (χ3v) is 4.87. The van der Waals surface area contributed by atoms with Gasteiger partial charge in [-0.05, 0) is 43.5 Å². The molecule has 1 fully saturated rings. The fraction of sp³-hybridized carbons (Fsp3) is 0.294. The summed E-state index contributed by atoms with van der Waals surface area (Å²) in [6.45, 7) is 0.113. The van der Waals surface area contributed by atoms with Crippen molar-refractivity contribution in [1.29, 1.82) is 0 Å². The van der Waals surface area contributed by atoms with Crippen LogP contribution >= 0.6 is 11.3 Å². The van der Waals surface area contributed by atoms with Crippen molar-refractivity contribution < 1.29 is 19.4 Å². The normalized spacial score (nSPS) is 17.7. The molecule has 1 aliphatic rings. The quantitative estimate of drug-likeness (QED) is 0.883. The summed E-state index contributed by atoms with van der Waals surface area (Å²) >= 11 is 1.30. The number of ether oxygens (including phenoxy) is 1. The lowest BCUT2D eigenvalue weighted by molar-refractivity contribution is -0.117. The molecule has 23 heavy (non-hydrogen) atoms. The van der Waals surface area contributed by atoms with Crippen LogP contribution < -0.4 is 4.90 Å². The average molecular weight is 331 g/mol. The standard InChI is InChI=1S/C17H17NO4S/c19-15-11-22-16(18(15)12-5-2-1-3-6-12)8-4-7-13-9-10-14(23-13)17(20)21/h1-3,5-6,9-10,16H,4,7-8,11H2,(H,20,21)/t16-/m0/s1. The van der Waals surface area contributed by atoms with Crippen molar-refractivity contribution in [2.45, 2.75) is 25.5 Å². The lowest BCUT2D eigenvalue weighted by atomic mass is 10.1. The summed E-state index contributed by atoms with van der Waals surface area (Å²) in [6.07, 6.45) is 2.10. The van der Waals surface area contributed by atoms with Crippen LogP contribution in [0.3, 0.4) is 0 Å². The molecule has 1 N–H and O–H groups in total. The number of hydrogen-bond acceptors (Lipinski definition) is 4. The molecule has 1 atom stereocenters. The van der Waals surface area contributed by atoms with E-state index in [1.54, 1.807) is 11.0 Å². The predicted molar refractivity (Wildman–Crippen MR) is 87.9 cm³/mol. The molecule has 1 aliphatic heterocycles. The second-order valence-electron chi connectivity index (χ2n) is 5.33. The van der Waals surface area contributed by atoms with Crippen molar-refractivity contribution in [1.82, 2.24) is 0 Å². The minimum Gasteiger partial charge on any atom is -0.477 e. The Bertz CT molecular complexity index is 698. The molecule has 1 aromatic carbocycles. The second-order valence-corrected chi connectivity index (χ2v) is 6.50.